The minimum absolute atomic E-state index is 0.159. The molecule has 0 amide bonds. The highest BCUT2D eigenvalue weighted by molar-refractivity contribution is 5.17. The summed E-state index contributed by atoms with van der Waals surface area (Å²) in [5.41, 5.74) is 1.20. The van der Waals surface area contributed by atoms with Gasteiger partial charge in [0.1, 0.15) is 5.82 Å². The topological polar surface area (TPSA) is 12.0 Å². The Morgan fingerprint density at radius 1 is 1.17 bits per heavy atom. The molecule has 1 aromatic rings. The predicted octanol–water partition coefficient (Wildman–Crippen LogP) is 4.32. The van der Waals surface area contributed by atoms with Gasteiger partial charge < -0.3 is 5.32 Å². The molecule has 18 heavy (non-hydrogen) atoms. The minimum Gasteiger partial charge on any atom is -0.311 e. The maximum atomic E-state index is 12.8. The molecule has 0 aliphatic carbocycles. The molecule has 0 saturated heterocycles. The van der Waals surface area contributed by atoms with Gasteiger partial charge in [0.05, 0.1) is 0 Å². The van der Waals surface area contributed by atoms with Crippen LogP contribution in [-0.2, 0) is 6.42 Å². The zero-order valence-corrected chi connectivity index (χ0v) is 11.9. The lowest BCUT2D eigenvalue weighted by molar-refractivity contribution is 0.402. The van der Waals surface area contributed by atoms with Gasteiger partial charge in [-0.05, 0) is 43.9 Å². The Hall–Kier alpha value is -0.890. The smallest absolute Gasteiger partial charge is 0.123 e. The normalized spacial score (nSPS) is 14.4. The van der Waals surface area contributed by atoms with E-state index < -0.39 is 0 Å². The fourth-order valence-electron chi connectivity index (χ4n) is 2.29. The number of benzene rings is 1. The van der Waals surface area contributed by atoms with Gasteiger partial charge in [-0.2, -0.15) is 0 Å². The third-order valence-electron chi connectivity index (χ3n) is 3.37. The molecule has 1 rings (SSSR count). The number of rotatable bonds is 8. The lowest BCUT2D eigenvalue weighted by atomic mass is 10.0. The molecule has 0 aliphatic heterocycles. The fourth-order valence-corrected chi connectivity index (χ4v) is 2.29. The SMILES string of the molecule is CCCCC(CC)NC(C)Cc1ccc(F)cc1. The van der Waals surface area contributed by atoms with Crippen LogP contribution in [0, 0.1) is 5.82 Å². The summed E-state index contributed by atoms with van der Waals surface area (Å²) in [5.74, 6) is -0.159. The maximum Gasteiger partial charge on any atom is 0.123 e. The molecule has 0 saturated carbocycles. The van der Waals surface area contributed by atoms with Crippen LogP contribution in [0.3, 0.4) is 0 Å². The standard InChI is InChI=1S/C16H26FN/c1-4-6-7-16(5-2)18-13(3)12-14-8-10-15(17)11-9-14/h8-11,13,16,18H,4-7,12H2,1-3H3. The van der Waals surface area contributed by atoms with Gasteiger partial charge in [-0.25, -0.2) is 4.39 Å². The Morgan fingerprint density at radius 3 is 2.39 bits per heavy atom. The summed E-state index contributed by atoms with van der Waals surface area (Å²) in [6, 6.07) is 7.88. The van der Waals surface area contributed by atoms with Crippen molar-refractivity contribution in [3.8, 4) is 0 Å². The molecule has 1 nitrogen and oxygen atoms in total. The minimum atomic E-state index is -0.159. The molecule has 0 spiro atoms. The zero-order valence-electron chi connectivity index (χ0n) is 11.9. The van der Waals surface area contributed by atoms with E-state index in [9.17, 15) is 4.39 Å². The van der Waals surface area contributed by atoms with Crippen LogP contribution in [0.1, 0.15) is 52.0 Å². The van der Waals surface area contributed by atoms with E-state index in [0.29, 0.717) is 12.1 Å². The maximum absolute atomic E-state index is 12.8. The molecule has 0 fully saturated rings. The fraction of sp³-hybridized carbons (Fsp3) is 0.625. The summed E-state index contributed by atoms with van der Waals surface area (Å²) in [6.45, 7) is 6.67. The second-order valence-corrected chi connectivity index (χ2v) is 5.15. The first-order valence-corrected chi connectivity index (χ1v) is 7.16. The Morgan fingerprint density at radius 2 is 1.83 bits per heavy atom. The third kappa shape index (κ3) is 5.63. The molecule has 102 valence electrons. The third-order valence-corrected chi connectivity index (χ3v) is 3.37. The summed E-state index contributed by atoms with van der Waals surface area (Å²) < 4.78 is 12.8. The van der Waals surface area contributed by atoms with Crippen molar-refractivity contribution < 1.29 is 4.39 Å². The van der Waals surface area contributed by atoms with Gasteiger partial charge in [0.25, 0.3) is 0 Å². The van der Waals surface area contributed by atoms with E-state index in [1.54, 1.807) is 0 Å². The monoisotopic (exact) mass is 251 g/mol. The largest absolute Gasteiger partial charge is 0.311 e. The highest BCUT2D eigenvalue weighted by Crippen LogP contribution is 2.09. The van der Waals surface area contributed by atoms with E-state index in [-0.39, 0.29) is 5.82 Å². The molecule has 2 heteroatoms. The molecule has 2 unspecified atom stereocenters. The Balaban J connectivity index is 2.39. The summed E-state index contributed by atoms with van der Waals surface area (Å²) in [4.78, 5) is 0. The van der Waals surface area contributed by atoms with Crippen molar-refractivity contribution in [2.75, 3.05) is 0 Å². The van der Waals surface area contributed by atoms with Gasteiger partial charge in [0, 0.05) is 12.1 Å². The predicted molar refractivity (Wildman–Crippen MR) is 76.3 cm³/mol. The van der Waals surface area contributed by atoms with Crippen LogP contribution in [0.2, 0.25) is 0 Å². The van der Waals surface area contributed by atoms with E-state index in [0.717, 1.165) is 6.42 Å². The van der Waals surface area contributed by atoms with Crippen LogP contribution >= 0.6 is 0 Å². The second-order valence-electron chi connectivity index (χ2n) is 5.15. The van der Waals surface area contributed by atoms with Gasteiger partial charge in [-0.15, -0.1) is 0 Å². The molecule has 0 aromatic heterocycles. The van der Waals surface area contributed by atoms with Crippen LogP contribution in [0.15, 0.2) is 24.3 Å². The highest BCUT2D eigenvalue weighted by atomic mass is 19.1. The summed E-state index contributed by atoms with van der Waals surface area (Å²) >= 11 is 0. The van der Waals surface area contributed by atoms with Crippen LogP contribution < -0.4 is 5.32 Å². The van der Waals surface area contributed by atoms with Crippen LogP contribution in [0.4, 0.5) is 4.39 Å². The first-order chi connectivity index (χ1) is 8.65. The second kappa shape index (κ2) is 8.25. The first-order valence-electron chi connectivity index (χ1n) is 7.16. The molecule has 0 heterocycles. The summed E-state index contributed by atoms with van der Waals surface area (Å²) in [6.07, 6.45) is 5.93. The van der Waals surface area contributed by atoms with Gasteiger partial charge in [-0.1, -0.05) is 38.8 Å². The van der Waals surface area contributed by atoms with Crippen LogP contribution in [0.25, 0.3) is 0 Å². The Kier molecular flexibility index (Phi) is 6.96. The number of hydrogen-bond donors (Lipinski definition) is 1. The van der Waals surface area contributed by atoms with Crippen molar-refractivity contribution >= 4 is 0 Å². The molecule has 0 aliphatic rings. The number of unbranched alkanes of at least 4 members (excludes halogenated alkanes) is 1. The van der Waals surface area contributed by atoms with E-state index in [1.165, 1.54) is 43.4 Å². The molecule has 0 bridgehead atoms. The number of hydrogen-bond acceptors (Lipinski definition) is 1. The van der Waals surface area contributed by atoms with Gasteiger partial charge in [-0.3, -0.25) is 0 Å². The quantitative estimate of drug-likeness (QED) is 0.725. The van der Waals surface area contributed by atoms with E-state index >= 15 is 0 Å². The van der Waals surface area contributed by atoms with Crippen molar-refractivity contribution in [1.82, 2.24) is 5.32 Å². The van der Waals surface area contributed by atoms with Crippen molar-refractivity contribution in [2.45, 2.75) is 65.0 Å². The van der Waals surface area contributed by atoms with E-state index in [2.05, 4.69) is 26.1 Å². The van der Waals surface area contributed by atoms with Crippen molar-refractivity contribution in [3.05, 3.63) is 35.6 Å². The van der Waals surface area contributed by atoms with Gasteiger partial charge >= 0.3 is 0 Å². The lowest BCUT2D eigenvalue weighted by Gasteiger charge is -2.22. The van der Waals surface area contributed by atoms with E-state index in [4.69, 9.17) is 0 Å². The molecular formula is C16H26FN. The van der Waals surface area contributed by atoms with Crippen LogP contribution in [0.5, 0.6) is 0 Å². The van der Waals surface area contributed by atoms with Gasteiger partial charge in [0.2, 0.25) is 0 Å². The molecule has 0 radical (unpaired) electrons. The molecular weight excluding hydrogens is 225 g/mol. The molecule has 2 atom stereocenters. The summed E-state index contributed by atoms with van der Waals surface area (Å²) in [5, 5.41) is 3.67. The van der Waals surface area contributed by atoms with Crippen molar-refractivity contribution in [3.63, 3.8) is 0 Å². The number of nitrogens with one attached hydrogen (secondary N) is 1. The van der Waals surface area contributed by atoms with Crippen molar-refractivity contribution in [1.29, 1.82) is 0 Å². The molecule has 1 N–H and O–H groups in total. The Bertz CT molecular complexity index is 320. The van der Waals surface area contributed by atoms with Gasteiger partial charge in [0.15, 0.2) is 0 Å². The molecule has 1 aromatic carbocycles. The highest BCUT2D eigenvalue weighted by Gasteiger charge is 2.10. The Labute approximate surface area is 111 Å². The van der Waals surface area contributed by atoms with Crippen LogP contribution in [-0.4, -0.2) is 12.1 Å². The zero-order chi connectivity index (χ0) is 13.4. The lowest BCUT2D eigenvalue weighted by Crippen LogP contribution is -2.37. The van der Waals surface area contributed by atoms with Crippen molar-refractivity contribution in [2.24, 2.45) is 0 Å². The first kappa shape index (κ1) is 15.2. The average Bonchev–Trinajstić information content (AvgIpc) is 2.37. The summed E-state index contributed by atoms with van der Waals surface area (Å²) in [7, 11) is 0. The average molecular weight is 251 g/mol. The number of halogens is 1. The van der Waals surface area contributed by atoms with E-state index in [1.807, 2.05) is 12.1 Å².